The van der Waals surface area contributed by atoms with Gasteiger partial charge in [0.15, 0.2) is 0 Å². The molecule has 4 rings (SSSR count). The molecule has 1 aliphatic heterocycles. The number of nitrogens with one attached hydrogen (secondary N) is 2. The van der Waals surface area contributed by atoms with Crippen LogP contribution in [0.5, 0.6) is 0 Å². The summed E-state index contributed by atoms with van der Waals surface area (Å²) in [5.74, 6) is -0.771. The van der Waals surface area contributed by atoms with Crippen molar-refractivity contribution in [2.45, 2.75) is 63.6 Å². The summed E-state index contributed by atoms with van der Waals surface area (Å²) in [4.78, 5) is 44.9. The molecule has 10 nitrogen and oxygen atoms in total. The summed E-state index contributed by atoms with van der Waals surface area (Å²) in [6.45, 7) is 3.09. The Morgan fingerprint density at radius 3 is 2.77 bits per heavy atom. The number of anilines is 1. The number of aryl methyl sites for hydroxylation is 2. The second kappa shape index (κ2) is 15.6. The van der Waals surface area contributed by atoms with E-state index in [9.17, 15) is 23.9 Å². The van der Waals surface area contributed by atoms with Gasteiger partial charge in [0.05, 0.1) is 6.10 Å². The number of hydrogen-bond donors (Lipinski definition) is 3. The molecule has 3 unspecified atom stereocenters. The third-order valence-corrected chi connectivity index (χ3v) is 8.06. The van der Waals surface area contributed by atoms with E-state index in [0.717, 1.165) is 55.5 Å². The van der Waals surface area contributed by atoms with Crippen LogP contribution in [0.15, 0.2) is 53.5 Å². The van der Waals surface area contributed by atoms with Crippen molar-refractivity contribution in [3.05, 3.63) is 70.3 Å². The maximum absolute atomic E-state index is 13.5. The first kappa shape index (κ1) is 32.1. The van der Waals surface area contributed by atoms with Crippen molar-refractivity contribution in [2.24, 2.45) is 0 Å². The molecule has 0 saturated carbocycles. The van der Waals surface area contributed by atoms with Crippen LogP contribution in [0.25, 0.3) is 10.8 Å². The summed E-state index contributed by atoms with van der Waals surface area (Å²) in [5, 5.41) is 17.1. The van der Waals surface area contributed by atoms with Crippen molar-refractivity contribution in [3.8, 4) is 0 Å². The van der Waals surface area contributed by atoms with Gasteiger partial charge in [-0.1, -0.05) is 24.3 Å². The number of amides is 1. The number of methoxy groups -OCH3 is 1. The Bertz CT molecular complexity index is 1440. The number of alkyl halides is 1. The molecule has 232 valence electrons. The molecular weight excluding hydrogens is 553 g/mol. The van der Waals surface area contributed by atoms with Crippen molar-refractivity contribution in [1.82, 2.24) is 19.8 Å². The van der Waals surface area contributed by atoms with Crippen LogP contribution >= 0.6 is 0 Å². The smallest absolute Gasteiger partial charge is 0.326 e. The molecule has 0 aliphatic carbocycles. The summed E-state index contributed by atoms with van der Waals surface area (Å²) in [5.41, 5.74) is 1.95. The lowest BCUT2D eigenvalue weighted by atomic mass is 10.1. The third-order valence-electron chi connectivity index (χ3n) is 8.06. The first-order valence-corrected chi connectivity index (χ1v) is 15.0. The number of aliphatic carboxylic acids is 1. The zero-order valence-corrected chi connectivity index (χ0v) is 24.9. The van der Waals surface area contributed by atoms with Crippen LogP contribution in [0.1, 0.15) is 49.9 Å². The van der Waals surface area contributed by atoms with E-state index in [4.69, 9.17) is 9.72 Å². The number of hydrogen-bond acceptors (Lipinski definition) is 7. The molecule has 3 N–H and O–H groups in total. The Kier molecular flexibility index (Phi) is 11.6. The van der Waals surface area contributed by atoms with Gasteiger partial charge >= 0.3 is 5.97 Å². The van der Waals surface area contributed by atoms with Crippen LogP contribution < -0.4 is 16.2 Å². The van der Waals surface area contributed by atoms with Crippen LogP contribution in [0.3, 0.4) is 0 Å². The molecule has 0 saturated heterocycles. The predicted octanol–water partition coefficient (Wildman–Crippen LogP) is 3.58. The number of nitrogens with zero attached hydrogens (tertiary/aromatic N) is 3. The van der Waals surface area contributed by atoms with Gasteiger partial charge in [0.1, 0.15) is 24.6 Å². The minimum absolute atomic E-state index is 0.112. The zero-order valence-electron chi connectivity index (χ0n) is 24.9. The molecule has 1 aromatic carbocycles. The van der Waals surface area contributed by atoms with E-state index in [2.05, 4.69) is 22.8 Å². The molecule has 0 fully saturated rings. The zero-order chi connectivity index (χ0) is 30.8. The average Bonchev–Trinajstić information content (AvgIpc) is 3.02. The van der Waals surface area contributed by atoms with E-state index in [0.29, 0.717) is 25.0 Å². The highest BCUT2D eigenvalue weighted by molar-refractivity contribution is 5.86. The van der Waals surface area contributed by atoms with Crippen molar-refractivity contribution >= 4 is 28.5 Å². The average molecular weight is 596 g/mol. The van der Waals surface area contributed by atoms with E-state index in [1.807, 2.05) is 17.0 Å². The van der Waals surface area contributed by atoms with Gasteiger partial charge in [-0.05, 0) is 81.1 Å². The highest BCUT2D eigenvalue weighted by atomic mass is 19.1. The SMILES string of the molecule is COC(CF)CN(CCCCc1ccc2c(n1)NCCC2)CCC(NC(=O)C(C)n1ccc2ccccc2c1=O)C(=O)O. The fourth-order valence-corrected chi connectivity index (χ4v) is 5.42. The fourth-order valence-electron chi connectivity index (χ4n) is 5.42. The normalized spacial score (nSPS) is 15.0. The maximum Gasteiger partial charge on any atom is 0.326 e. The van der Waals surface area contributed by atoms with E-state index >= 15 is 0 Å². The van der Waals surface area contributed by atoms with Crippen LogP contribution in [0, 0.1) is 0 Å². The molecule has 1 aliphatic rings. The van der Waals surface area contributed by atoms with Crippen LogP contribution in [0.4, 0.5) is 10.2 Å². The first-order valence-electron chi connectivity index (χ1n) is 15.0. The molecule has 0 radical (unpaired) electrons. The third kappa shape index (κ3) is 8.61. The number of aromatic nitrogens is 2. The van der Waals surface area contributed by atoms with Crippen LogP contribution in [-0.2, 0) is 27.2 Å². The van der Waals surface area contributed by atoms with E-state index in [1.165, 1.54) is 17.2 Å². The minimum atomic E-state index is -1.17. The van der Waals surface area contributed by atoms with Gasteiger partial charge < -0.3 is 29.9 Å². The molecule has 2 aromatic heterocycles. The van der Waals surface area contributed by atoms with Gasteiger partial charge in [0.2, 0.25) is 5.91 Å². The van der Waals surface area contributed by atoms with Gasteiger partial charge in [-0.3, -0.25) is 9.59 Å². The number of unbranched alkanes of at least 4 members (excludes halogenated alkanes) is 1. The molecule has 3 aromatic rings. The first-order chi connectivity index (χ1) is 20.8. The lowest BCUT2D eigenvalue weighted by Gasteiger charge is -2.27. The van der Waals surface area contributed by atoms with Crippen molar-refractivity contribution in [2.75, 3.05) is 45.3 Å². The fraction of sp³-hybridized carbons (Fsp3) is 0.500. The van der Waals surface area contributed by atoms with E-state index in [1.54, 1.807) is 31.3 Å². The molecule has 1 amide bonds. The van der Waals surface area contributed by atoms with Gasteiger partial charge in [0.25, 0.3) is 5.56 Å². The number of halogens is 1. The minimum Gasteiger partial charge on any atom is -0.480 e. The molecule has 3 heterocycles. The quantitative estimate of drug-likeness (QED) is 0.215. The highest BCUT2D eigenvalue weighted by Crippen LogP contribution is 2.20. The Labute approximate surface area is 251 Å². The van der Waals surface area contributed by atoms with Crippen LogP contribution in [-0.4, -0.2) is 83.5 Å². The summed E-state index contributed by atoms with van der Waals surface area (Å²) in [7, 11) is 1.45. The maximum atomic E-state index is 13.5. The predicted molar refractivity (Wildman–Crippen MR) is 164 cm³/mol. The van der Waals surface area contributed by atoms with E-state index < -0.39 is 36.7 Å². The number of carbonyl (C=O) groups is 2. The largest absolute Gasteiger partial charge is 0.480 e. The Balaban J connectivity index is 1.34. The Hall–Kier alpha value is -3.83. The van der Waals surface area contributed by atoms with E-state index in [-0.39, 0.29) is 12.0 Å². The Morgan fingerprint density at radius 1 is 1.19 bits per heavy atom. The standard InChI is InChI=1S/C32H42FN5O5/c1-22(38-19-14-23-8-3-4-11-27(23)31(38)40)30(39)36-28(32(41)42)15-18-37(21-26(20-33)43-2)17-6-5-10-25-13-12-24-9-7-16-34-29(24)35-25/h3-4,8,11-14,19,22,26,28H,5-7,9-10,15-18,20-21H2,1-2H3,(H,34,35)(H,36,39)(H,41,42). The summed E-state index contributed by atoms with van der Waals surface area (Å²) >= 11 is 0. The monoisotopic (exact) mass is 595 g/mol. The number of rotatable bonds is 16. The van der Waals surface area contributed by atoms with Crippen molar-refractivity contribution in [3.63, 3.8) is 0 Å². The van der Waals surface area contributed by atoms with Gasteiger partial charge in [-0.2, -0.15) is 0 Å². The van der Waals surface area contributed by atoms with Crippen molar-refractivity contribution in [1.29, 1.82) is 0 Å². The molecular formula is C32H42FN5O5. The number of carboxylic acids is 1. The lowest BCUT2D eigenvalue weighted by molar-refractivity contribution is -0.142. The van der Waals surface area contributed by atoms with Gasteiger partial charge in [-0.15, -0.1) is 0 Å². The number of benzene rings is 1. The summed E-state index contributed by atoms with van der Waals surface area (Å²) in [6.07, 6.45) is 5.66. The number of pyridine rings is 2. The molecule has 43 heavy (non-hydrogen) atoms. The number of carboxylic acid groups (broad SMARTS) is 1. The van der Waals surface area contributed by atoms with Gasteiger partial charge in [0, 0.05) is 44.0 Å². The van der Waals surface area contributed by atoms with Gasteiger partial charge in [-0.25, -0.2) is 14.2 Å². The molecule has 0 spiro atoms. The number of ether oxygens (including phenoxy) is 1. The lowest BCUT2D eigenvalue weighted by Crippen LogP contribution is -2.47. The highest BCUT2D eigenvalue weighted by Gasteiger charge is 2.26. The molecule has 0 bridgehead atoms. The molecule has 3 atom stereocenters. The second-order valence-corrected chi connectivity index (χ2v) is 11.1. The second-order valence-electron chi connectivity index (χ2n) is 11.1. The van der Waals surface area contributed by atoms with Crippen molar-refractivity contribution < 1.29 is 23.8 Å². The topological polar surface area (TPSA) is 126 Å². The number of fused-ring (bicyclic) bond motifs is 2. The summed E-state index contributed by atoms with van der Waals surface area (Å²) in [6, 6.07) is 11.0. The molecule has 11 heteroatoms. The number of carbonyl (C=O) groups excluding carboxylic acids is 1. The summed E-state index contributed by atoms with van der Waals surface area (Å²) < 4.78 is 20.1. The van der Waals surface area contributed by atoms with Crippen LogP contribution in [0.2, 0.25) is 0 Å². The Morgan fingerprint density at radius 2 is 2.00 bits per heavy atom.